The van der Waals surface area contributed by atoms with E-state index in [1.54, 1.807) is 13.4 Å². The van der Waals surface area contributed by atoms with Crippen LogP contribution in [0.1, 0.15) is 12.5 Å². The highest BCUT2D eigenvalue weighted by atomic mass is 16.5. The zero-order valence-corrected chi connectivity index (χ0v) is 13.0. The molecule has 0 saturated carbocycles. The van der Waals surface area contributed by atoms with Gasteiger partial charge in [0.05, 0.1) is 13.4 Å². The normalized spacial score (nSPS) is 21.8. The molecule has 2 aromatic carbocycles. The van der Waals surface area contributed by atoms with E-state index in [2.05, 4.69) is 61.5 Å². The van der Waals surface area contributed by atoms with Gasteiger partial charge < -0.3 is 10.5 Å². The molecular formula is C20H21NO. The quantitative estimate of drug-likeness (QED) is 0.856. The molecule has 2 N–H and O–H groups in total. The molecule has 3 rings (SSSR count). The average molecular weight is 291 g/mol. The fourth-order valence-electron chi connectivity index (χ4n) is 2.89. The molecule has 112 valence electrons. The first-order valence-corrected chi connectivity index (χ1v) is 7.57. The van der Waals surface area contributed by atoms with Crippen molar-refractivity contribution in [3.05, 3.63) is 78.1 Å². The summed E-state index contributed by atoms with van der Waals surface area (Å²) in [4.78, 5) is 0. The predicted octanol–water partition coefficient (Wildman–Crippen LogP) is 4.29. The summed E-state index contributed by atoms with van der Waals surface area (Å²) in [5.74, 6) is 0.320. The average Bonchev–Trinajstić information content (AvgIpc) is 2.55. The van der Waals surface area contributed by atoms with Crippen LogP contribution in [0.2, 0.25) is 0 Å². The van der Waals surface area contributed by atoms with Gasteiger partial charge in [-0.3, -0.25) is 0 Å². The largest absolute Gasteiger partial charge is 0.504 e. The van der Waals surface area contributed by atoms with Crippen LogP contribution in [0.15, 0.2) is 72.5 Å². The van der Waals surface area contributed by atoms with Crippen molar-refractivity contribution in [2.45, 2.75) is 13.0 Å². The number of methoxy groups -OCH3 is 1. The molecule has 2 aromatic rings. The Morgan fingerprint density at radius 3 is 2.64 bits per heavy atom. The number of allylic oxidation sites excluding steroid dienone is 2. The number of fused-ring (bicyclic) bond motifs is 1. The maximum atomic E-state index is 6.39. The molecule has 22 heavy (non-hydrogen) atoms. The molecule has 0 aromatic heterocycles. The van der Waals surface area contributed by atoms with Gasteiger partial charge in [-0.25, -0.2) is 0 Å². The number of rotatable bonds is 3. The molecular weight excluding hydrogens is 270 g/mol. The Bertz CT molecular complexity index is 770. The third kappa shape index (κ3) is 2.70. The highest BCUT2D eigenvalue weighted by Crippen LogP contribution is 2.32. The lowest BCUT2D eigenvalue weighted by Crippen LogP contribution is -2.31. The summed E-state index contributed by atoms with van der Waals surface area (Å²) in [6.07, 6.45) is 8.03. The van der Waals surface area contributed by atoms with Crippen molar-refractivity contribution >= 4 is 16.3 Å². The van der Waals surface area contributed by atoms with Crippen LogP contribution < -0.4 is 5.73 Å². The SMILES string of the molecule is CO/C=C/C1=C(c2ccc3ccccc3c2)C=C[C@H](C)C1N. The van der Waals surface area contributed by atoms with Gasteiger partial charge in [-0.05, 0) is 45.5 Å². The van der Waals surface area contributed by atoms with E-state index in [1.165, 1.54) is 21.9 Å². The Labute approximate surface area is 131 Å². The van der Waals surface area contributed by atoms with E-state index >= 15 is 0 Å². The molecule has 2 nitrogen and oxygen atoms in total. The summed E-state index contributed by atoms with van der Waals surface area (Å²) in [6, 6.07) is 14.9. The van der Waals surface area contributed by atoms with Crippen LogP contribution >= 0.6 is 0 Å². The highest BCUT2D eigenvalue weighted by Gasteiger charge is 2.21. The minimum absolute atomic E-state index is 0.0159. The van der Waals surface area contributed by atoms with Crippen LogP contribution in [0.25, 0.3) is 16.3 Å². The van der Waals surface area contributed by atoms with E-state index in [4.69, 9.17) is 10.5 Å². The Kier molecular flexibility index (Phi) is 4.12. The molecule has 0 radical (unpaired) electrons. The predicted molar refractivity (Wildman–Crippen MR) is 93.3 cm³/mol. The second-order valence-corrected chi connectivity index (χ2v) is 5.71. The zero-order chi connectivity index (χ0) is 15.5. The molecule has 2 atom stereocenters. The van der Waals surface area contributed by atoms with E-state index in [-0.39, 0.29) is 6.04 Å². The highest BCUT2D eigenvalue weighted by molar-refractivity contribution is 5.89. The Morgan fingerprint density at radius 1 is 1.09 bits per heavy atom. The second kappa shape index (κ2) is 6.20. The molecule has 1 unspecified atom stereocenters. The standard InChI is InChI=1S/C20H21NO/c1-14-7-10-18(19(20(14)21)11-12-22-2)17-9-8-15-5-3-4-6-16(15)13-17/h3-14,20H,21H2,1-2H3/b12-11+/t14-,20?/m0/s1. The van der Waals surface area contributed by atoms with Crippen LogP contribution in [-0.2, 0) is 4.74 Å². The van der Waals surface area contributed by atoms with Gasteiger partial charge in [0.2, 0.25) is 0 Å². The van der Waals surface area contributed by atoms with Crippen molar-refractivity contribution in [2.75, 3.05) is 7.11 Å². The fourth-order valence-corrected chi connectivity index (χ4v) is 2.89. The number of hydrogen-bond acceptors (Lipinski definition) is 2. The van der Waals surface area contributed by atoms with Crippen LogP contribution in [0.4, 0.5) is 0 Å². The third-order valence-corrected chi connectivity index (χ3v) is 4.25. The number of ether oxygens (including phenoxy) is 1. The molecule has 0 heterocycles. The number of benzene rings is 2. The van der Waals surface area contributed by atoms with Gasteiger partial charge in [0.15, 0.2) is 0 Å². The molecule has 1 aliphatic rings. The molecule has 0 bridgehead atoms. The van der Waals surface area contributed by atoms with E-state index in [0.29, 0.717) is 5.92 Å². The maximum absolute atomic E-state index is 6.39. The van der Waals surface area contributed by atoms with Crippen LogP contribution in [-0.4, -0.2) is 13.2 Å². The van der Waals surface area contributed by atoms with Gasteiger partial charge in [-0.2, -0.15) is 0 Å². The zero-order valence-electron chi connectivity index (χ0n) is 13.0. The molecule has 0 amide bonds. The number of hydrogen-bond donors (Lipinski definition) is 1. The maximum Gasteiger partial charge on any atom is 0.0828 e. The Morgan fingerprint density at radius 2 is 1.86 bits per heavy atom. The van der Waals surface area contributed by atoms with Crippen molar-refractivity contribution < 1.29 is 4.74 Å². The van der Waals surface area contributed by atoms with Gasteiger partial charge in [-0.1, -0.05) is 55.5 Å². The van der Waals surface area contributed by atoms with Crippen molar-refractivity contribution in [1.82, 2.24) is 0 Å². The van der Waals surface area contributed by atoms with Crippen molar-refractivity contribution in [3.8, 4) is 0 Å². The second-order valence-electron chi connectivity index (χ2n) is 5.71. The van der Waals surface area contributed by atoms with Gasteiger partial charge in [-0.15, -0.1) is 0 Å². The summed E-state index contributed by atoms with van der Waals surface area (Å²) < 4.78 is 5.09. The molecule has 0 fully saturated rings. The van der Waals surface area contributed by atoms with E-state index < -0.39 is 0 Å². The monoisotopic (exact) mass is 291 g/mol. The minimum atomic E-state index is -0.0159. The summed E-state index contributed by atoms with van der Waals surface area (Å²) in [5.41, 5.74) is 9.86. The first-order valence-electron chi connectivity index (χ1n) is 7.57. The smallest absolute Gasteiger partial charge is 0.0828 e. The lowest BCUT2D eigenvalue weighted by atomic mass is 9.83. The third-order valence-electron chi connectivity index (χ3n) is 4.25. The van der Waals surface area contributed by atoms with Gasteiger partial charge in [0, 0.05) is 6.04 Å². The van der Waals surface area contributed by atoms with E-state index in [1.807, 2.05) is 6.08 Å². The van der Waals surface area contributed by atoms with E-state index in [0.717, 1.165) is 5.57 Å². The topological polar surface area (TPSA) is 35.2 Å². The first-order chi connectivity index (χ1) is 10.7. The van der Waals surface area contributed by atoms with Gasteiger partial charge in [0.1, 0.15) is 0 Å². The lowest BCUT2D eigenvalue weighted by Gasteiger charge is -2.25. The number of nitrogens with two attached hydrogens (primary N) is 1. The molecule has 1 aliphatic carbocycles. The molecule has 0 aliphatic heterocycles. The minimum Gasteiger partial charge on any atom is -0.504 e. The summed E-state index contributed by atoms with van der Waals surface area (Å²) >= 11 is 0. The van der Waals surface area contributed by atoms with E-state index in [9.17, 15) is 0 Å². The first kappa shape index (κ1) is 14.6. The van der Waals surface area contributed by atoms with Crippen molar-refractivity contribution in [3.63, 3.8) is 0 Å². The molecule has 0 saturated heterocycles. The van der Waals surface area contributed by atoms with Crippen LogP contribution in [0.5, 0.6) is 0 Å². The van der Waals surface area contributed by atoms with Gasteiger partial charge in [0.25, 0.3) is 0 Å². The lowest BCUT2D eigenvalue weighted by molar-refractivity contribution is 0.337. The summed E-state index contributed by atoms with van der Waals surface area (Å²) in [6.45, 7) is 2.14. The van der Waals surface area contributed by atoms with Crippen LogP contribution in [0, 0.1) is 5.92 Å². The van der Waals surface area contributed by atoms with Crippen LogP contribution in [0.3, 0.4) is 0 Å². The molecule has 0 spiro atoms. The molecule has 2 heteroatoms. The van der Waals surface area contributed by atoms with Gasteiger partial charge >= 0.3 is 0 Å². The fraction of sp³-hybridized carbons (Fsp3) is 0.200. The Hall–Kier alpha value is -2.32. The Balaban J connectivity index is 2.14. The van der Waals surface area contributed by atoms with Crippen molar-refractivity contribution in [1.29, 1.82) is 0 Å². The van der Waals surface area contributed by atoms with Crippen molar-refractivity contribution in [2.24, 2.45) is 11.7 Å². The summed E-state index contributed by atoms with van der Waals surface area (Å²) in [7, 11) is 1.65. The summed E-state index contributed by atoms with van der Waals surface area (Å²) in [5, 5.41) is 2.49.